The van der Waals surface area contributed by atoms with E-state index in [1.165, 1.54) is 7.11 Å². The fourth-order valence-corrected chi connectivity index (χ4v) is 3.82. The van der Waals surface area contributed by atoms with Crippen LogP contribution in [0.15, 0.2) is 60.8 Å². The number of rotatable bonds is 12. The second kappa shape index (κ2) is 12.7. The van der Waals surface area contributed by atoms with E-state index < -0.39 is 6.10 Å². The number of aromatic hydroxyl groups is 1. The average Bonchev–Trinajstić information content (AvgIpc) is 2.83. The number of phenolic OH excluding ortho intramolecular Hbond substituents is 1. The fraction of sp³-hybridized carbons (Fsp3) is 0.333. The van der Waals surface area contributed by atoms with Crippen LogP contribution in [0.1, 0.15) is 35.3 Å². The number of nitrogens with two attached hydrogens (primary N) is 1. The van der Waals surface area contributed by atoms with Gasteiger partial charge in [0.05, 0.1) is 19.6 Å². The molecule has 0 unspecified atom stereocenters. The number of methoxy groups -OCH3 is 1. The molecule has 0 radical (unpaired) electrons. The predicted octanol–water partition coefficient (Wildman–Crippen LogP) is 2.53. The van der Waals surface area contributed by atoms with Crippen LogP contribution in [-0.4, -0.2) is 47.3 Å². The number of hydrogen-bond donors (Lipinski definition) is 5. The van der Waals surface area contributed by atoms with Crippen molar-refractivity contribution in [1.29, 1.82) is 0 Å². The van der Waals surface area contributed by atoms with Crippen molar-refractivity contribution in [2.24, 2.45) is 0 Å². The van der Waals surface area contributed by atoms with Gasteiger partial charge in [-0.05, 0) is 54.7 Å². The average molecular weight is 479 g/mol. The summed E-state index contributed by atoms with van der Waals surface area (Å²) in [4.78, 5) is 16.4. The summed E-state index contributed by atoms with van der Waals surface area (Å²) < 4.78 is 5.05. The quantitative estimate of drug-likeness (QED) is 0.270. The van der Waals surface area contributed by atoms with Gasteiger partial charge in [0.2, 0.25) is 5.91 Å². The van der Waals surface area contributed by atoms with Crippen LogP contribution in [0.2, 0.25) is 0 Å². The molecule has 0 spiro atoms. The molecule has 1 aromatic heterocycles. The lowest BCUT2D eigenvalue weighted by Crippen LogP contribution is -2.32. The first kappa shape index (κ1) is 26.0. The molecule has 1 heterocycles. The normalized spacial score (nSPS) is 12.7. The number of anilines is 1. The van der Waals surface area contributed by atoms with Gasteiger partial charge in [-0.3, -0.25) is 4.79 Å². The van der Waals surface area contributed by atoms with Crippen molar-refractivity contribution >= 4 is 11.7 Å². The maximum Gasteiger partial charge on any atom is 0.224 e. The molecule has 0 saturated carbocycles. The molecule has 2 atom stereocenters. The molecule has 0 aliphatic carbocycles. The Hall–Kier alpha value is -3.62. The predicted molar refractivity (Wildman–Crippen MR) is 136 cm³/mol. The van der Waals surface area contributed by atoms with Crippen molar-refractivity contribution < 1.29 is 19.7 Å². The molecule has 8 heteroatoms. The van der Waals surface area contributed by atoms with Gasteiger partial charge in [0.25, 0.3) is 0 Å². The Morgan fingerprint density at radius 1 is 1.11 bits per heavy atom. The van der Waals surface area contributed by atoms with Crippen molar-refractivity contribution in [2.75, 3.05) is 25.9 Å². The van der Waals surface area contributed by atoms with E-state index in [2.05, 4.69) is 22.5 Å². The minimum Gasteiger partial charge on any atom is -0.504 e. The summed E-state index contributed by atoms with van der Waals surface area (Å²) >= 11 is 0. The van der Waals surface area contributed by atoms with E-state index in [9.17, 15) is 15.0 Å². The van der Waals surface area contributed by atoms with E-state index in [0.29, 0.717) is 37.5 Å². The first-order valence-electron chi connectivity index (χ1n) is 11.7. The van der Waals surface area contributed by atoms with E-state index in [1.807, 2.05) is 30.3 Å². The molecule has 6 N–H and O–H groups in total. The lowest BCUT2D eigenvalue weighted by Gasteiger charge is -2.18. The maximum atomic E-state index is 12.4. The molecule has 186 valence electrons. The van der Waals surface area contributed by atoms with Crippen molar-refractivity contribution in [3.05, 3.63) is 83.0 Å². The smallest absolute Gasteiger partial charge is 0.224 e. The summed E-state index contributed by atoms with van der Waals surface area (Å²) in [5.74, 6) is 0.894. The third-order valence-corrected chi connectivity index (χ3v) is 5.73. The number of benzene rings is 2. The maximum absolute atomic E-state index is 12.4. The molecule has 8 nitrogen and oxygen atoms in total. The van der Waals surface area contributed by atoms with Gasteiger partial charge in [-0.25, -0.2) is 4.98 Å². The van der Waals surface area contributed by atoms with E-state index in [-0.39, 0.29) is 17.7 Å². The van der Waals surface area contributed by atoms with Gasteiger partial charge in [-0.2, -0.15) is 0 Å². The highest BCUT2D eigenvalue weighted by Gasteiger charge is 2.11. The summed E-state index contributed by atoms with van der Waals surface area (Å²) in [6.07, 6.45) is 2.60. The Kier molecular flexibility index (Phi) is 9.46. The number of phenols is 1. The number of ether oxygens (including phenoxy) is 1. The number of amides is 1. The number of aliphatic hydroxyl groups is 1. The number of carbonyl (C=O) groups is 1. The van der Waals surface area contributed by atoms with Gasteiger partial charge >= 0.3 is 0 Å². The van der Waals surface area contributed by atoms with Gasteiger partial charge in [-0.15, -0.1) is 0 Å². The minimum atomic E-state index is -0.664. The van der Waals surface area contributed by atoms with Gasteiger partial charge in [0.1, 0.15) is 5.82 Å². The zero-order valence-corrected chi connectivity index (χ0v) is 20.2. The molecule has 0 fully saturated rings. The Bertz CT molecular complexity index is 1100. The lowest BCUT2D eigenvalue weighted by atomic mass is 10.0. The molecule has 0 bridgehead atoms. The third-order valence-electron chi connectivity index (χ3n) is 5.73. The third kappa shape index (κ3) is 8.27. The van der Waals surface area contributed by atoms with E-state index in [1.54, 1.807) is 30.5 Å². The SMILES string of the molecule is COc1ccc(CCNC(=O)Cc2cccc(C[C@@H](C)NC[C@@H](O)c3ccc(N)nc3)c2)cc1O. The number of nitrogens with zero attached hydrogens (tertiary/aromatic N) is 1. The first-order chi connectivity index (χ1) is 16.8. The number of carbonyl (C=O) groups excluding carboxylic acids is 1. The van der Waals surface area contributed by atoms with Crippen molar-refractivity contribution in [1.82, 2.24) is 15.6 Å². The summed E-state index contributed by atoms with van der Waals surface area (Å²) in [6, 6.07) is 16.8. The largest absolute Gasteiger partial charge is 0.504 e. The molecule has 0 aliphatic heterocycles. The van der Waals surface area contributed by atoms with Crippen molar-refractivity contribution in [3.8, 4) is 11.5 Å². The number of nitrogen functional groups attached to an aromatic ring is 1. The molecule has 2 aromatic carbocycles. The number of aliphatic hydroxyl groups excluding tert-OH is 1. The topological polar surface area (TPSA) is 130 Å². The number of nitrogens with one attached hydrogen (secondary N) is 2. The van der Waals surface area contributed by atoms with E-state index >= 15 is 0 Å². The molecule has 0 aliphatic rings. The number of hydrogen-bond acceptors (Lipinski definition) is 7. The highest BCUT2D eigenvalue weighted by atomic mass is 16.5. The summed E-state index contributed by atoms with van der Waals surface area (Å²) in [7, 11) is 1.51. The van der Waals surface area contributed by atoms with Crippen LogP contribution in [0.4, 0.5) is 5.82 Å². The fourth-order valence-electron chi connectivity index (χ4n) is 3.82. The lowest BCUT2D eigenvalue weighted by molar-refractivity contribution is -0.120. The molecular weight excluding hydrogens is 444 g/mol. The highest BCUT2D eigenvalue weighted by Crippen LogP contribution is 2.26. The van der Waals surface area contributed by atoms with Crippen LogP contribution in [0.3, 0.4) is 0 Å². The standard InChI is InChI=1S/C27H34N4O4/c1-18(30-17-24(33)22-7-9-26(28)31-16-22)12-20-4-3-5-21(13-20)15-27(34)29-11-10-19-6-8-25(35-2)23(32)14-19/h3-9,13-14,16,18,24,30,32-33H,10-12,15,17H2,1-2H3,(H2,28,31)(H,29,34)/t18-,24-/m1/s1. The zero-order chi connectivity index (χ0) is 25.2. The Labute approximate surface area is 206 Å². The first-order valence-corrected chi connectivity index (χ1v) is 11.7. The summed E-state index contributed by atoms with van der Waals surface area (Å²) in [5.41, 5.74) is 9.30. The van der Waals surface area contributed by atoms with Crippen molar-refractivity contribution in [2.45, 2.75) is 38.3 Å². The van der Waals surface area contributed by atoms with Crippen LogP contribution in [-0.2, 0) is 24.1 Å². The van der Waals surface area contributed by atoms with Crippen molar-refractivity contribution in [3.63, 3.8) is 0 Å². The molecule has 3 rings (SSSR count). The van der Waals surface area contributed by atoms with Crippen LogP contribution in [0.25, 0.3) is 0 Å². The van der Waals surface area contributed by atoms with Crippen LogP contribution >= 0.6 is 0 Å². The van der Waals surface area contributed by atoms with Gasteiger partial charge in [-0.1, -0.05) is 36.4 Å². The molecule has 1 amide bonds. The van der Waals surface area contributed by atoms with E-state index in [0.717, 1.165) is 28.7 Å². The molecule has 3 aromatic rings. The Balaban J connectivity index is 1.42. The summed E-state index contributed by atoms with van der Waals surface area (Å²) in [6.45, 7) is 2.95. The Morgan fingerprint density at radius 2 is 1.91 bits per heavy atom. The highest BCUT2D eigenvalue weighted by molar-refractivity contribution is 5.78. The second-order valence-corrected chi connectivity index (χ2v) is 8.65. The van der Waals surface area contributed by atoms with Gasteiger partial charge in [0, 0.05) is 30.9 Å². The zero-order valence-electron chi connectivity index (χ0n) is 20.2. The number of pyridine rings is 1. The molecular formula is C27H34N4O4. The number of aromatic nitrogens is 1. The van der Waals surface area contributed by atoms with Crippen LogP contribution < -0.4 is 21.1 Å². The van der Waals surface area contributed by atoms with Crippen LogP contribution in [0.5, 0.6) is 11.5 Å². The minimum absolute atomic E-state index is 0.0497. The monoisotopic (exact) mass is 478 g/mol. The Morgan fingerprint density at radius 3 is 2.63 bits per heavy atom. The molecule has 35 heavy (non-hydrogen) atoms. The summed E-state index contributed by atoms with van der Waals surface area (Å²) in [5, 5.41) is 26.5. The van der Waals surface area contributed by atoms with Gasteiger partial charge in [0.15, 0.2) is 11.5 Å². The van der Waals surface area contributed by atoms with Gasteiger partial charge < -0.3 is 31.3 Å². The molecule has 0 saturated heterocycles. The van der Waals surface area contributed by atoms with E-state index in [4.69, 9.17) is 10.5 Å². The van der Waals surface area contributed by atoms with Crippen LogP contribution in [0, 0.1) is 0 Å². The second-order valence-electron chi connectivity index (χ2n) is 8.65.